The van der Waals surface area contributed by atoms with E-state index in [4.69, 9.17) is 4.42 Å². The lowest BCUT2D eigenvalue weighted by atomic mass is 10.1. The Kier molecular flexibility index (Phi) is 6.67. The van der Waals surface area contributed by atoms with Gasteiger partial charge in [0.2, 0.25) is 17.7 Å². The van der Waals surface area contributed by atoms with Crippen LogP contribution in [0.2, 0.25) is 0 Å². The fourth-order valence-electron chi connectivity index (χ4n) is 3.30. The highest BCUT2D eigenvalue weighted by Gasteiger charge is 2.36. The van der Waals surface area contributed by atoms with Crippen molar-refractivity contribution < 1.29 is 32.0 Å². The average molecular weight is 437 g/mol. The molecule has 1 aliphatic heterocycles. The molecule has 0 saturated carbocycles. The van der Waals surface area contributed by atoms with Crippen LogP contribution in [0.25, 0.3) is 0 Å². The smallest absolute Gasteiger partial charge is 0.416 e. The van der Waals surface area contributed by atoms with Gasteiger partial charge in [0.05, 0.1) is 24.3 Å². The standard InChI is InChI=1S/C21H22F3N3O4/c1-13(19(29)25-10-17-6-3-7-31-17)26-20(30)15-9-18(28)27(12-15)11-14-4-2-5-16(8-14)21(22,23)24/h2-8,13,15H,9-12H2,1H3,(H,25,29)(H,26,30). The number of alkyl halides is 3. The molecule has 166 valence electrons. The van der Waals surface area contributed by atoms with Gasteiger partial charge in [-0.25, -0.2) is 0 Å². The molecule has 31 heavy (non-hydrogen) atoms. The van der Waals surface area contributed by atoms with E-state index in [0.717, 1.165) is 12.1 Å². The molecule has 10 heteroatoms. The Labute approximate surface area is 176 Å². The van der Waals surface area contributed by atoms with E-state index >= 15 is 0 Å². The minimum absolute atomic E-state index is 0.0221. The molecule has 1 aromatic carbocycles. The third-order valence-corrected chi connectivity index (χ3v) is 4.98. The van der Waals surface area contributed by atoms with Crippen LogP contribution in [0.1, 0.15) is 30.2 Å². The third kappa shape index (κ3) is 5.87. The Morgan fingerprint density at radius 2 is 2.03 bits per heavy atom. The predicted molar refractivity (Wildman–Crippen MR) is 103 cm³/mol. The van der Waals surface area contributed by atoms with Gasteiger partial charge >= 0.3 is 6.18 Å². The molecule has 2 N–H and O–H groups in total. The van der Waals surface area contributed by atoms with Crippen molar-refractivity contribution in [1.82, 2.24) is 15.5 Å². The normalized spacial score (nSPS) is 17.5. The average Bonchev–Trinajstić information content (AvgIpc) is 3.36. The van der Waals surface area contributed by atoms with Crippen molar-refractivity contribution in [2.45, 2.75) is 38.7 Å². The van der Waals surface area contributed by atoms with E-state index in [0.29, 0.717) is 11.3 Å². The van der Waals surface area contributed by atoms with Crippen molar-refractivity contribution in [1.29, 1.82) is 0 Å². The van der Waals surface area contributed by atoms with Crippen LogP contribution in [0.15, 0.2) is 47.1 Å². The van der Waals surface area contributed by atoms with Gasteiger partial charge in [-0.3, -0.25) is 14.4 Å². The Morgan fingerprint density at radius 1 is 1.26 bits per heavy atom. The van der Waals surface area contributed by atoms with Crippen molar-refractivity contribution in [3.63, 3.8) is 0 Å². The number of hydrogen-bond donors (Lipinski definition) is 2. The zero-order valence-electron chi connectivity index (χ0n) is 16.7. The van der Waals surface area contributed by atoms with Gasteiger partial charge in [-0.1, -0.05) is 12.1 Å². The summed E-state index contributed by atoms with van der Waals surface area (Å²) in [7, 11) is 0. The van der Waals surface area contributed by atoms with Crippen molar-refractivity contribution in [2.24, 2.45) is 5.92 Å². The first kappa shape index (κ1) is 22.4. The molecule has 0 bridgehead atoms. The minimum Gasteiger partial charge on any atom is -0.467 e. The Balaban J connectivity index is 1.52. The Bertz CT molecular complexity index is 944. The van der Waals surface area contributed by atoms with Crippen LogP contribution < -0.4 is 10.6 Å². The molecule has 1 aliphatic rings. The van der Waals surface area contributed by atoms with Crippen molar-refractivity contribution in [3.8, 4) is 0 Å². The van der Waals surface area contributed by atoms with Gasteiger partial charge in [-0.15, -0.1) is 0 Å². The summed E-state index contributed by atoms with van der Waals surface area (Å²) in [5.74, 6) is -1.31. The fourth-order valence-corrected chi connectivity index (χ4v) is 3.30. The summed E-state index contributed by atoms with van der Waals surface area (Å²) in [6.07, 6.45) is -3.05. The molecular formula is C21H22F3N3O4. The topological polar surface area (TPSA) is 91.7 Å². The summed E-state index contributed by atoms with van der Waals surface area (Å²) in [5.41, 5.74) is -0.463. The van der Waals surface area contributed by atoms with Crippen LogP contribution >= 0.6 is 0 Å². The van der Waals surface area contributed by atoms with Crippen LogP contribution in [0, 0.1) is 5.92 Å². The number of nitrogens with one attached hydrogen (secondary N) is 2. The van der Waals surface area contributed by atoms with Crippen molar-refractivity contribution in [2.75, 3.05) is 6.54 Å². The zero-order valence-corrected chi connectivity index (χ0v) is 16.7. The highest BCUT2D eigenvalue weighted by Crippen LogP contribution is 2.30. The lowest BCUT2D eigenvalue weighted by Crippen LogP contribution is -2.46. The largest absolute Gasteiger partial charge is 0.467 e. The highest BCUT2D eigenvalue weighted by molar-refractivity contribution is 5.92. The Morgan fingerprint density at radius 3 is 2.71 bits per heavy atom. The second-order valence-electron chi connectivity index (χ2n) is 7.40. The number of hydrogen-bond acceptors (Lipinski definition) is 4. The van der Waals surface area contributed by atoms with E-state index in [1.165, 1.54) is 30.2 Å². The molecule has 3 amide bonds. The van der Waals surface area contributed by atoms with Gasteiger partial charge in [0.15, 0.2) is 0 Å². The maximum atomic E-state index is 12.9. The first-order valence-electron chi connectivity index (χ1n) is 9.68. The third-order valence-electron chi connectivity index (χ3n) is 4.98. The maximum absolute atomic E-state index is 12.9. The van der Waals surface area contributed by atoms with Crippen LogP contribution in [-0.2, 0) is 33.6 Å². The van der Waals surface area contributed by atoms with Gasteiger partial charge < -0.3 is 20.0 Å². The second kappa shape index (κ2) is 9.23. The SMILES string of the molecule is CC(NC(=O)C1CC(=O)N(Cc2cccc(C(F)(F)F)c2)C1)C(=O)NCc1ccco1. The lowest BCUT2D eigenvalue weighted by molar-refractivity contribution is -0.137. The predicted octanol–water partition coefficient (Wildman–Crippen LogP) is 2.47. The molecule has 2 aromatic rings. The molecule has 1 fully saturated rings. The van der Waals surface area contributed by atoms with Gasteiger partial charge in [0.1, 0.15) is 11.8 Å². The number of nitrogens with zero attached hydrogens (tertiary/aromatic N) is 1. The van der Waals surface area contributed by atoms with Gasteiger partial charge in [-0.05, 0) is 36.8 Å². The van der Waals surface area contributed by atoms with E-state index < -0.39 is 35.5 Å². The number of benzene rings is 1. The van der Waals surface area contributed by atoms with Crippen molar-refractivity contribution >= 4 is 17.7 Å². The first-order chi connectivity index (χ1) is 14.6. The van der Waals surface area contributed by atoms with Crippen LogP contribution in [0.5, 0.6) is 0 Å². The van der Waals surface area contributed by atoms with E-state index in [1.807, 2.05) is 0 Å². The number of halogens is 3. The summed E-state index contributed by atoms with van der Waals surface area (Å²) >= 11 is 0. The molecule has 1 saturated heterocycles. The molecule has 3 rings (SSSR count). The first-order valence-corrected chi connectivity index (χ1v) is 9.68. The summed E-state index contributed by atoms with van der Waals surface area (Å²) in [4.78, 5) is 38.2. The quantitative estimate of drug-likeness (QED) is 0.696. The zero-order chi connectivity index (χ0) is 22.6. The summed E-state index contributed by atoms with van der Waals surface area (Å²) in [6.45, 7) is 1.75. The molecular weight excluding hydrogens is 415 g/mol. The van der Waals surface area contributed by atoms with Gasteiger partial charge in [0.25, 0.3) is 0 Å². The number of carbonyl (C=O) groups is 3. The summed E-state index contributed by atoms with van der Waals surface area (Å²) < 4.78 is 43.7. The molecule has 2 atom stereocenters. The van der Waals surface area contributed by atoms with Crippen molar-refractivity contribution in [3.05, 3.63) is 59.5 Å². The fraction of sp³-hybridized carbons (Fsp3) is 0.381. The molecule has 2 unspecified atom stereocenters. The maximum Gasteiger partial charge on any atom is 0.416 e. The monoisotopic (exact) mass is 437 g/mol. The number of furan rings is 1. The van der Waals surface area contributed by atoms with Crippen LogP contribution in [-0.4, -0.2) is 35.2 Å². The molecule has 7 nitrogen and oxygen atoms in total. The minimum atomic E-state index is -4.47. The highest BCUT2D eigenvalue weighted by atomic mass is 19.4. The number of likely N-dealkylation sites (tertiary alicyclic amines) is 1. The second-order valence-corrected chi connectivity index (χ2v) is 7.40. The molecule has 1 aromatic heterocycles. The van der Waals surface area contributed by atoms with E-state index in [1.54, 1.807) is 12.1 Å². The van der Waals surface area contributed by atoms with Gasteiger partial charge in [0, 0.05) is 19.5 Å². The van der Waals surface area contributed by atoms with E-state index in [9.17, 15) is 27.6 Å². The van der Waals surface area contributed by atoms with Crippen LogP contribution in [0.4, 0.5) is 13.2 Å². The lowest BCUT2D eigenvalue weighted by Gasteiger charge is -2.19. The summed E-state index contributed by atoms with van der Waals surface area (Å²) in [5, 5.41) is 5.21. The Hall–Kier alpha value is -3.30. The summed E-state index contributed by atoms with van der Waals surface area (Å²) in [6, 6.07) is 7.31. The molecule has 0 aliphatic carbocycles. The van der Waals surface area contributed by atoms with E-state index in [-0.39, 0.29) is 32.0 Å². The number of amides is 3. The number of carbonyl (C=O) groups excluding carboxylic acids is 3. The molecule has 0 spiro atoms. The number of rotatable bonds is 7. The molecule has 0 radical (unpaired) electrons. The van der Waals surface area contributed by atoms with Gasteiger partial charge in [-0.2, -0.15) is 13.2 Å². The van der Waals surface area contributed by atoms with Crippen LogP contribution in [0.3, 0.4) is 0 Å². The van der Waals surface area contributed by atoms with E-state index in [2.05, 4.69) is 10.6 Å². The molecule has 2 heterocycles.